The number of nitriles is 1. The van der Waals surface area contributed by atoms with Gasteiger partial charge in [0.1, 0.15) is 5.65 Å². The first kappa shape index (κ1) is 16.3. The first-order valence-corrected chi connectivity index (χ1v) is 7.58. The number of carbonyl (C=O) groups is 1. The molecule has 0 unspecified atom stereocenters. The summed E-state index contributed by atoms with van der Waals surface area (Å²) in [5, 5.41) is 17.5. The summed E-state index contributed by atoms with van der Waals surface area (Å²) in [6.45, 7) is 1.92. The molecule has 7 nitrogen and oxygen atoms in total. The molecule has 0 saturated carbocycles. The van der Waals surface area contributed by atoms with Crippen LogP contribution in [0.1, 0.15) is 17.0 Å². The first-order valence-electron chi connectivity index (χ1n) is 7.58. The number of aromatic nitrogens is 2. The van der Waals surface area contributed by atoms with E-state index in [0.717, 1.165) is 5.69 Å². The van der Waals surface area contributed by atoms with Crippen LogP contribution in [-0.4, -0.2) is 22.5 Å². The van der Waals surface area contributed by atoms with Crippen LogP contribution in [0, 0.1) is 18.3 Å². The summed E-state index contributed by atoms with van der Waals surface area (Å²) >= 11 is 0. The molecule has 0 fully saturated rings. The number of nitrogens with zero attached hydrogens (tertiary/aromatic N) is 5. The zero-order chi connectivity index (χ0) is 17.8. The number of methoxy groups -OCH3 is 1. The number of esters is 1. The summed E-state index contributed by atoms with van der Waals surface area (Å²) in [5.41, 5.74) is 3.13. The standard InChI is InChI=1S/C18H15N5O2/c1-12-5-3-8-16-20-15(10-17(24)25-2)18(23(12)16)22-21-14-7-4-6-13(9-14)11-19/h3-9H,10H2,1-2H3. The van der Waals surface area contributed by atoms with Crippen molar-refractivity contribution in [3.05, 3.63) is 59.4 Å². The third-order valence-corrected chi connectivity index (χ3v) is 3.66. The van der Waals surface area contributed by atoms with Crippen LogP contribution in [0.2, 0.25) is 0 Å². The number of pyridine rings is 1. The predicted molar refractivity (Wildman–Crippen MR) is 91.0 cm³/mol. The minimum Gasteiger partial charge on any atom is -0.469 e. The fourth-order valence-electron chi connectivity index (χ4n) is 2.46. The van der Waals surface area contributed by atoms with E-state index in [1.54, 1.807) is 24.3 Å². The van der Waals surface area contributed by atoms with Gasteiger partial charge in [-0.05, 0) is 37.3 Å². The Morgan fingerprint density at radius 3 is 2.84 bits per heavy atom. The van der Waals surface area contributed by atoms with E-state index in [-0.39, 0.29) is 6.42 Å². The van der Waals surface area contributed by atoms with Gasteiger partial charge in [-0.1, -0.05) is 12.1 Å². The zero-order valence-electron chi connectivity index (χ0n) is 13.8. The van der Waals surface area contributed by atoms with Crippen LogP contribution in [0.5, 0.6) is 0 Å². The topological polar surface area (TPSA) is 92.1 Å². The molecule has 0 spiro atoms. The van der Waals surface area contributed by atoms with Crippen LogP contribution in [0.15, 0.2) is 52.7 Å². The van der Waals surface area contributed by atoms with Crippen molar-refractivity contribution in [2.24, 2.45) is 10.2 Å². The Hall–Kier alpha value is -3.53. The van der Waals surface area contributed by atoms with Crippen LogP contribution < -0.4 is 0 Å². The summed E-state index contributed by atoms with van der Waals surface area (Å²) < 4.78 is 6.56. The normalized spacial score (nSPS) is 10.9. The number of ether oxygens (including phenoxy) is 1. The Morgan fingerprint density at radius 2 is 2.08 bits per heavy atom. The fourth-order valence-corrected chi connectivity index (χ4v) is 2.46. The highest BCUT2D eigenvalue weighted by molar-refractivity contribution is 5.74. The number of benzene rings is 1. The molecule has 0 saturated heterocycles. The van der Waals surface area contributed by atoms with Crippen LogP contribution in [0.3, 0.4) is 0 Å². The van der Waals surface area contributed by atoms with E-state index in [1.807, 2.05) is 29.5 Å². The van der Waals surface area contributed by atoms with E-state index in [0.29, 0.717) is 28.4 Å². The lowest BCUT2D eigenvalue weighted by atomic mass is 10.2. The van der Waals surface area contributed by atoms with Gasteiger partial charge in [-0.2, -0.15) is 5.26 Å². The van der Waals surface area contributed by atoms with E-state index >= 15 is 0 Å². The van der Waals surface area contributed by atoms with Crippen LogP contribution in [-0.2, 0) is 16.0 Å². The number of hydrogen-bond donors (Lipinski definition) is 0. The van der Waals surface area contributed by atoms with Gasteiger partial charge in [0.2, 0.25) is 0 Å². The monoisotopic (exact) mass is 333 g/mol. The number of rotatable bonds is 4. The van der Waals surface area contributed by atoms with E-state index in [1.165, 1.54) is 7.11 Å². The molecule has 0 amide bonds. The highest BCUT2D eigenvalue weighted by Gasteiger charge is 2.16. The number of aryl methyl sites for hydroxylation is 1. The van der Waals surface area contributed by atoms with Gasteiger partial charge < -0.3 is 4.74 Å². The maximum absolute atomic E-state index is 11.7. The molecule has 2 heterocycles. The average molecular weight is 333 g/mol. The maximum atomic E-state index is 11.7. The Balaban J connectivity index is 2.09. The third kappa shape index (κ3) is 3.38. The summed E-state index contributed by atoms with van der Waals surface area (Å²) in [6.07, 6.45) is 0.00418. The van der Waals surface area contributed by atoms with Crippen LogP contribution in [0.25, 0.3) is 5.65 Å². The van der Waals surface area contributed by atoms with E-state index in [4.69, 9.17) is 10.00 Å². The first-order chi connectivity index (χ1) is 12.1. The van der Waals surface area contributed by atoms with E-state index < -0.39 is 5.97 Å². The number of hydrogen-bond acceptors (Lipinski definition) is 6. The Bertz CT molecular complexity index is 1010. The molecule has 0 N–H and O–H groups in total. The molecule has 25 heavy (non-hydrogen) atoms. The van der Waals surface area contributed by atoms with Gasteiger partial charge in [-0.25, -0.2) is 4.98 Å². The summed E-state index contributed by atoms with van der Waals surface area (Å²) in [5.74, 6) is 0.0739. The van der Waals surface area contributed by atoms with Crippen LogP contribution >= 0.6 is 0 Å². The quantitative estimate of drug-likeness (QED) is 0.538. The second-order valence-corrected chi connectivity index (χ2v) is 5.36. The zero-order valence-corrected chi connectivity index (χ0v) is 13.8. The van der Waals surface area contributed by atoms with Crippen LogP contribution in [0.4, 0.5) is 11.5 Å². The lowest BCUT2D eigenvalue weighted by molar-refractivity contribution is -0.139. The van der Waals surface area contributed by atoms with Crippen molar-refractivity contribution < 1.29 is 9.53 Å². The van der Waals surface area contributed by atoms with Gasteiger partial charge in [0.05, 0.1) is 36.5 Å². The molecule has 1 aromatic carbocycles. The lowest BCUT2D eigenvalue weighted by Gasteiger charge is -2.02. The van der Waals surface area contributed by atoms with E-state index in [2.05, 4.69) is 21.3 Å². The average Bonchev–Trinajstić information content (AvgIpc) is 2.98. The van der Waals surface area contributed by atoms with Crippen molar-refractivity contribution in [2.45, 2.75) is 13.3 Å². The lowest BCUT2D eigenvalue weighted by Crippen LogP contribution is -2.04. The van der Waals surface area contributed by atoms with Crippen molar-refractivity contribution in [1.82, 2.24) is 9.38 Å². The molecule has 0 atom stereocenters. The minimum atomic E-state index is -0.399. The number of imidazole rings is 1. The molecule has 0 aliphatic rings. The molecule has 0 aliphatic carbocycles. The number of azo groups is 1. The molecule has 7 heteroatoms. The smallest absolute Gasteiger partial charge is 0.311 e. The Kier molecular flexibility index (Phi) is 4.53. The predicted octanol–water partition coefficient (Wildman–Crippen LogP) is 3.65. The molecule has 0 radical (unpaired) electrons. The molecule has 3 aromatic rings. The molecular weight excluding hydrogens is 318 g/mol. The summed E-state index contributed by atoms with van der Waals surface area (Å²) in [6, 6.07) is 14.5. The molecule has 0 bridgehead atoms. The van der Waals surface area contributed by atoms with Crippen molar-refractivity contribution in [3.63, 3.8) is 0 Å². The van der Waals surface area contributed by atoms with Gasteiger partial charge in [-0.15, -0.1) is 10.2 Å². The largest absolute Gasteiger partial charge is 0.469 e. The molecule has 3 rings (SSSR count). The molecule has 0 aliphatic heterocycles. The second kappa shape index (κ2) is 6.93. The molecular formula is C18H15N5O2. The molecule has 124 valence electrons. The van der Waals surface area contributed by atoms with E-state index in [9.17, 15) is 4.79 Å². The maximum Gasteiger partial charge on any atom is 0.311 e. The third-order valence-electron chi connectivity index (χ3n) is 3.66. The van der Waals surface area contributed by atoms with Crippen molar-refractivity contribution in [3.8, 4) is 6.07 Å². The van der Waals surface area contributed by atoms with Gasteiger partial charge in [0.25, 0.3) is 0 Å². The molecule has 2 aromatic heterocycles. The fraction of sp³-hybridized carbons (Fsp3) is 0.167. The van der Waals surface area contributed by atoms with Crippen molar-refractivity contribution in [1.29, 1.82) is 5.26 Å². The second-order valence-electron chi connectivity index (χ2n) is 5.36. The van der Waals surface area contributed by atoms with Crippen molar-refractivity contribution >= 4 is 23.1 Å². The van der Waals surface area contributed by atoms with Crippen molar-refractivity contribution in [2.75, 3.05) is 7.11 Å². The minimum absolute atomic E-state index is 0.00418. The highest BCUT2D eigenvalue weighted by Crippen LogP contribution is 2.26. The Morgan fingerprint density at radius 1 is 1.28 bits per heavy atom. The highest BCUT2D eigenvalue weighted by atomic mass is 16.5. The van der Waals surface area contributed by atoms with Gasteiger partial charge in [0.15, 0.2) is 5.82 Å². The number of carbonyl (C=O) groups excluding carboxylic acids is 1. The summed E-state index contributed by atoms with van der Waals surface area (Å²) in [7, 11) is 1.33. The SMILES string of the molecule is COC(=O)Cc1nc2cccc(C)n2c1N=Nc1cccc(C#N)c1. The summed E-state index contributed by atoms with van der Waals surface area (Å²) in [4.78, 5) is 16.1. The van der Waals surface area contributed by atoms with Gasteiger partial charge in [0, 0.05) is 5.69 Å². The van der Waals surface area contributed by atoms with Gasteiger partial charge in [-0.3, -0.25) is 9.20 Å². The Labute approximate surface area is 144 Å². The number of fused-ring (bicyclic) bond motifs is 1. The van der Waals surface area contributed by atoms with Gasteiger partial charge >= 0.3 is 5.97 Å².